The van der Waals surface area contributed by atoms with Crippen molar-refractivity contribution in [1.29, 1.82) is 10.5 Å². The smallest absolute Gasteiger partial charge is 0.192 e. The average molecular weight is 325 g/mol. The van der Waals surface area contributed by atoms with Crippen molar-refractivity contribution in [3.8, 4) is 12.1 Å². The molecule has 6 nitrogen and oxygen atoms in total. The molecule has 0 aromatic carbocycles. The number of nitriles is 2. The minimum absolute atomic E-state index is 0.0346. The fourth-order valence-electron chi connectivity index (χ4n) is 1.34. The van der Waals surface area contributed by atoms with Crippen molar-refractivity contribution in [2.24, 2.45) is 0 Å². The van der Waals surface area contributed by atoms with Gasteiger partial charge in [0.25, 0.3) is 0 Å². The maximum Gasteiger partial charge on any atom is 0.192 e. The van der Waals surface area contributed by atoms with E-state index >= 15 is 0 Å². The van der Waals surface area contributed by atoms with Gasteiger partial charge in [-0.3, -0.25) is 0 Å². The lowest BCUT2D eigenvalue weighted by atomic mass is 10.2. The van der Waals surface area contributed by atoms with E-state index in [9.17, 15) is 0 Å². The molecule has 7 heteroatoms. The predicted molar refractivity (Wildman–Crippen MR) is 89.1 cm³/mol. The summed E-state index contributed by atoms with van der Waals surface area (Å²) in [6.07, 6.45) is 0. The zero-order valence-electron chi connectivity index (χ0n) is 14.4. The molecular formula is C15H28N4O2Si. The van der Waals surface area contributed by atoms with Gasteiger partial charge in [0.2, 0.25) is 0 Å². The highest BCUT2D eigenvalue weighted by atomic mass is 28.4. The molecule has 3 N–H and O–H groups in total. The van der Waals surface area contributed by atoms with Gasteiger partial charge in [-0.2, -0.15) is 10.5 Å². The van der Waals surface area contributed by atoms with Crippen molar-refractivity contribution in [2.75, 3.05) is 19.8 Å². The van der Waals surface area contributed by atoms with Gasteiger partial charge in [-0.25, -0.2) is 0 Å². The first-order chi connectivity index (χ1) is 10.1. The van der Waals surface area contributed by atoms with Crippen LogP contribution in [0.3, 0.4) is 0 Å². The highest BCUT2D eigenvalue weighted by Gasteiger charge is 2.36. The summed E-state index contributed by atoms with van der Waals surface area (Å²) in [5, 5.41) is 33.1. The van der Waals surface area contributed by atoms with Crippen LogP contribution < -0.4 is 10.6 Å². The van der Waals surface area contributed by atoms with Crippen LogP contribution in [-0.2, 0) is 4.43 Å². The van der Waals surface area contributed by atoms with Crippen LogP contribution >= 0.6 is 0 Å². The molecule has 0 aromatic heterocycles. The van der Waals surface area contributed by atoms with E-state index in [1.165, 1.54) is 0 Å². The fraction of sp³-hybridized carbons (Fsp3) is 0.733. The number of aliphatic hydroxyl groups is 1. The quantitative estimate of drug-likeness (QED) is 0.358. The Hall–Kier alpha value is -1.54. The minimum atomic E-state index is -1.81. The predicted octanol–water partition coefficient (Wildman–Crippen LogP) is 1.83. The van der Waals surface area contributed by atoms with Crippen LogP contribution in [0.4, 0.5) is 0 Å². The summed E-state index contributed by atoms with van der Waals surface area (Å²) in [7, 11) is -1.81. The van der Waals surface area contributed by atoms with Crippen molar-refractivity contribution in [2.45, 2.75) is 51.9 Å². The molecule has 1 atom stereocenters. The number of hydrogen-bond donors (Lipinski definition) is 3. The lowest BCUT2D eigenvalue weighted by molar-refractivity contribution is 0.254. The van der Waals surface area contributed by atoms with Crippen LogP contribution in [0.2, 0.25) is 18.1 Å². The van der Waals surface area contributed by atoms with Crippen molar-refractivity contribution < 1.29 is 9.53 Å². The first-order valence-electron chi connectivity index (χ1n) is 7.38. The highest BCUT2D eigenvalue weighted by Crippen LogP contribution is 2.36. The first-order valence-corrected chi connectivity index (χ1v) is 10.3. The van der Waals surface area contributed by atoms with Crippen molar-refractivity contribution in [1.82, 2.24) is 10.6 Å². The van der Waals surface area contributed by atoms with Crippen molar-refractivity contribution in [3.63, 3.8) is 0 Å². The summed E-state index contributed by atoms with van der Waals surface area (Å²) in [5.41, 5.74) is -0.0346. The minimum Gasteiger partial charge on any atom is -0.415 e. The van der Waals surface area contributed by atoms with Crippen LogP contribution in [-0.4, -0.2) is 39.2 Å². The Balaban J connectivity index is 4.66. The first kappa shape index (κ1) is 20.5. The second kappa shape index (κ2) is 8.79. The Bertz CT molecular complexity index is 453. The summed E-state index contributed by atoms with van der Waals surface area (Å²) >= 11 is 0. The van der Waals surface area contributed by atoms with E-state index in [2.05, 4.69) is 44.5 Å². The van der Waals surface area contributed by atoms with Crippen LogP contribution in [0.15, 0.2) is 11.4 Å². The van der Waals surface area contributed by atoms with Crippen molar-refractivity contribution in [3.05, 3.63) is 11.4 Å². The number of aliphatic hydroxyl groups excluding tert-OH is 1. The second-order valence-corrected chi connectivity index (χ2v) is 11.5. The maximum atomic E-state index is 9.08. The fourth-order valence-corrected chi connectivity index (χ4v) is 2.38. The molecule has 0 aromatic rings. The lowest BCUT2D eigenvalue weighted by Crippen LogP contribution is -2.43. The van der Waals surface area contributed by atoms with E-state index < -0.39 is 8.32 Å². The number of rotatable bonds is 8. The SMILES string of the molecule is CC(CO)NC(NCCO[Si](C)(C)C(C)(C)C)=C(C#N)C#N. The molecule has 0 heterocycles. The lowest BCUT2D eigenvalue weighted by Gasteiger charge is -2.36. The van der Waals surface area contributed by atoms with Gasteiger partial charge in [-0.05, 0) is 25.1 Å². The molecule has 0 amide bonds. The molecule has 124 valence electrons. The molecule has 0 saturated carbocycles. The third kappa shape index (κ3) is 6.48. The average Bonchev–Trinajstić information content (AvgIpc) is 2.42. The van der Waals surface area contributed by atoms with E-state index in [0.717, 1.165) is 0 Å². The molecule has 0 radical (unpaired) electrons. The van der Waals surface area contributed by atoms with Crippen molar-refractivity contribution >= 4 is 8.32 Å². The molecule has 0 aliphatic rings. The van der Waals surface area contributed by atoms with Gasteiger partial charge in [0, 0.05) is 12.6 Å². The molecule has 0 saturated heterocycles. The normalized spacial score (nSPS) is 12.8. The molecule has 22 heavy (non-hydrogen) atoms. The molecule has 0 fully saturated rings. The topological polar surface area (TPSA) is 101 Å². The summed E-state index contributed by atoms with van der Waals surface area (Å²) in [5.74, 6) is 0.338. The Morgan fingerprint density at radius 1 is 1.27 bits per heavy atom. The zero-order valence-corrected chi connectivity index (χ0v) is 15.4. The Labute approximate surface area is 134 Å². The van der Waals surface area contributed by atoms with Gasteiger partial charge in [0.1, 0.15) is 18.0 Å². The number of nitrogens with zero attached hydrogens (tertiary/aromatic N) is 2. The van der Waals surface area contributed by atoms with Gasteiger partial charge in [-0.15, -0.1) is 0 Å². The van der Waals surface area contributed by atoms with E-state index in [-0.39, 0.29) is 23.3 Å². The molecule has 0 spiro atoms. The summed E-state index contributed by atoms with van der Waals surface area (Å²) in [6.45, 7) is 13.5. The van der Waals surface area contributed by atoms with E-state index in [4.69, 9.17) is 20.1 Å². The van der Waals surface area contributed by atoms with Gasteiger partial charge in [0.15, 0.2) is 13.9 Å². The third-order valence-electron chi connectivity index (χ3n) is 3.81. The van der Waals surface area contributed by atoms with Crippen LogP contribution in [0.25, 0.3) is 0 Å². The number of allylic oxidation sites excluding steroid dienone is 1. The number of nitrogens with one attached hydrogen (secondary N) is 2. The van der Waals surface area contributed by atoms with Crippen LogP contribution in [0, 0.1) is 22.7 Å². The summed E-state index contributed by atoms with van der Waals surface area (Å²) in [6, 6.07) is 3.44. The summed E-state index contributed by atoms with van der Waals surface area (Å²) < 4.78 is 6.03. The molecule has 0 aliphatic heterocycles. The van der Waals surface area contributed by atoms with E-state index in [0.29, 0.717) is 19.0 Å². The largest absolute Gasteiger partial charge is 0.415 e. The van der Waals surface area contributed by atoms with Gasteiger partial charge >= 0.3 is 0 Å². The number of hydrogen-bond acceptors (Lipinski definition) is 6. The zero-order chi connectivity index (χ0) is 17.4. The summed E-state index contributed by atoms with van der Waals surface area (Å²) in [4.78, 5) is 0. The molecule has 0 bridgehead atoms. The molecular weight excluding hydrogens is 296 g/mol. The standard InChI is InChI=1S/C15H28N4O2Si/c1-12(11-20)19-14(13(9-16)10-17)18-7-8-21-22(5,6)15(2,3)4/h12,18-20H,7-8,11H2,1-6H3. The molecule has 0 rings (SSSR count). The van der Waals surface area contributed by atoms with Gasteiger partial charge < -0.3 is 20.2 Å². The van der Waals surface area contributed by atoms with Crippen LogP contribution in [0.5, 0.6) is 0 Å². The maximum absolute atomic E-state index is 9.08. The Kier molecular flexibility index (Phi) is 8.18. The second-order valence-electron chi connectivity index (χ2n) is 6.74. The van der Waals surface area contributed by atoms with E-state index in [1.807, 2.05) is 12.1 Å². The Morgan fingerprint density at radius 3 is 2.23 bits per heavy atom. The van der Waals surface area contributed by atoms with Gasteiger partial charge in [0.05, 0.1) is 13.2 Å². The molecule has 1 unspecified atom stereocenters. The monoisotopic (exact) mass is 324 g/mol. The van der Waals surface area contributed by atoms with E-state index in [1.54, 1.807) is 6.92 Å². The Morgan fingerprint density at radius 2 is 1.82 bits per heavy atom. The van der Waals surface area contributed by atoms with Gasteiger partial charge in [-0.1, -0.05) is 20.8 Å². The molecule has 0 aliphatic carbocycles. The third-order valence-corrected chi connectivity index (χ3v) is 8.35. The van der Waals surface area contributed by atoms with Crippen LogP contribution in [0.1, 0.15) is 27.7 Å². The highest BCUT2D eigenvalue weighted by molar-refractivity contribution is 6.74.